The van der Waals surface area contributed by atoms with E-state index in [1.165, 1.54) is 65.7 Å². The van der Waals surface area contributed by atoms with Gasteiger partial charge in [-0.15, -0.1) is 13.2 Å². The Balaban J connectivity index is 0.00000103. The first-order valence-electron chi connectivity index (χ1n) is 26.3. The lowest BCUT2D eigenvalue weighted by Crippen LogP contribution is -2.10. The van der Waals surface area contributed by atoms with Crippen LogP contribution in [0.4, 0.5) is 0 Å². The summed E-state index contributed by atoms with van der Waals surface area (Å²) in [6.45, 7) is 27.1. The number of aromatic nitrogens is 6. The third-order valence-electron chi connectivity index (χ3n) is 14.0. The quantitative estimate of drug-likeness (QED) is 0.156. The number of fused-ring (bicyclic) bond motifs is 9. The predicted octanol–water partition coefficient (Wildman–Crippen LogP) is 18.9. The summed E-state index contributed by atoms with van der Waals surface area (Å²) in [6, 6.07) is 66.5. The smallest absolute Gasteiger partial charge is 0.164 e. The molecule has 0 saturated carbocycles. The molecule has 0 aliphatic heterocycles. The molecular formula is C69H64N6. The number of aryl methyl sites for hydroxylation is 6. The van der Waals surface area contributed by atoms with E-state index in [4.69, 9.17) is 15.0 Å². The largest absolute Gasteiger partial charge is 0.307 e. The van der Waals surface area contributed by atoms with Crippen LogP contribution in [0.3, 0.4) is 0 Å². The maximum atomic E-state index is 5.40. The molecule has 0 bridgehead atoms. The molecule has 13 rings (SSSR count). The van der Waals surface area contributed by atoms with Crippen molar-refractivity contribution >= 4 is 65.4 Å². The van der Waals surface area contributed by atoms with Crippen molar-refractivity contribution in [2.45, 2.75) is 69.2 Å². The number of nitrogens with zero attached hydrogens (tertiary/aromatic N) is 6. The molecule has 6 nitrogen and oxygen atoms in total. The molecule has 0 saturated heterocycles. The lowest BCUT2D eigenvalue weighted by molar-refractivity contribution is 1.04. The molecule has 0 atom stereocenters. The van der Waals surface area contributed by atoms with Crippen LogP contribution in [0.1, 0.15) is 61.1 Å². The highest BCUT2D eigenvalue weighted by Crippen LogP contribution is 2.45. The summed E-state index contributed by atoms with van der Waals surface area (Å²) >= 11 is 0. The van der Waals surface area contributed by atoms with Gasteiger partial charge in [-0.1, -0.05) is 158 Å². The van der Waals surface area contributed by atoms with Gasteiger partial charge in [0.1, 0.15) is 0 Å². The van der Waals surface area contributed by atoms with Crippen molar-refractivity contribution < 1.29 is 0 Å². The second-order valence-electron chi connectivity index (χ2n) is 19.0. The summed E-state index contributed by atoms with van der Waals surface area (Å²) in [4.78, 5) is 16.0. The molecule has 0 radical (unpaired) electrons. The number of hydrogen-bond donors (Lipinski definition) is 0. The minimum Gasteiger partial charge on any atom is -0.307 e. The molecule has 0 fully saturated rings. The van der Waals surface area contributed by atoms with E-state index in [0.29, 0.717) is 17.5 Å². The van der Waals surface area contributed by atoms with Gasteiger partial charge in [-0.3, -0.25) is 0 Å². The van der Waals surface area contributed by atoms with E-state index >= 15 is 0 Å². The summed E-state index contributed by atoms with van der Waals surface area (Å²) in [5, 5.41) is 7.27. The lowest BCUT2D eigenvalue weighted by atomic mass is 10.1. The van der Waals surface area contributed by atoms with Crippen LogP contribution in [-0.4, -0.2) is 28.7 Å². The van der Waals surface area contributed by atoms with Crippen LogP contribution in [-0.2, 0) is 0 Å². The van der Waals surface area contributed by atoms with E-state index in [1.807, 2.05) is 64.1 Å². The summed E-state index contributed by atoms with van der Waals surface area (Å²) < 4.78 is 7.51. The standard InChI is InChI=1S/C63H48N6.2C2H6.C2H4/c1-37-17-23-52-46(29-37)47-30-38(2)18-24-53(47)67(52)58-35-45(63-65-61(43-13-9-7-10-14-43)64-62(66-63)44-15-11-8-12-16-44)36-59(68-54-25-19-39(3)31-48(54)49-32-40(4)20-26-55(49)68)60(58)69-56-27-21-41(5)33-50(56)51-34-42(6)22-28-57(51)69;3*1-2/h7-36H,1-6H3;2*1-2H3;1-2H2. The van der Waals surface area contributed by atoms with E-state index in [0.717, 1.165) is 66.9 Å². The second-order valence-corrected chi connectivity index (χ2v) is 19.0. The van der Waals surface area contributed by atoms with Crippen molar-refractivity contribution in [3.8, 4) is 51.2 Å². The molecule has 0 N–H and O–H groups in total. The van der Waals surface area contributed by atoms with Crippen molar-refractivity contribution in [1.29, 1.82) is 0 Å². The van der Waals surface area contributed by atoms with Crippen molar-refractivity contribution in [2.75, 3.05) is 0 Å². The van der Waals surface area contributed by atoms with Gasteiger partial charge in [-0.2, -0.15) is 0 Å². The molecule has 0 aliphatic carbocycles. The van der Waals surface area contributed by atoms with E-state index in [9.17, 15) is 0 Å². The minimum absolute atomic E-state index is 0.588. The molecule has 6 heteroatoms. The fraction of sp³-hybridized carbons (Fsp3) is 0.145. The van der Waals surface area contributed by atoms with Crippen LogP contribution in [0.15, 0.2) is 195 Å². The van der Waals surface area contributed by atoms with E-state index in [-0.39, 0.29) is 0 Å². The highest BCUT2D eigenvalue weighted by molar-refractivity contribution is 6.14. The Hall–Kier alpha value is -8.87. The maximum absolute atomic E-state index is 5.40. The highest BCUT2D eigenvalue weighted by atomic mass is 15.1. The van der Waals surface area contributed by atoms with E-state index in [1.54, 1.807) is 0 Å². The Labute approximate surface area is 440 Å². The zero-order valence-corrected chi connectivity index (χ0v) is 44.9. The van der Waals surface area contributed by atoms with Crippen LogP contribution < -0.4 is 0 Å². The van der Waals surface area contributed by atoms with Crippen LogP contribution in [0.2, 0.25) is 0 Å². The molecule has 0 amide bonds. The molecule has 4 aromatic heterocycles. The summed E-state index contributed by atoms with van der Waals surface area (Å²) in [5.41, 5.74) is 19.8. The first-order valence-corrected chi connectivity index (χ1v) is 26.3. The number of benzene rings is 9. The van der Waals surface area contributed by atoms with Crippen LogP contribution in [0.25, 0.3) is 117 Å². The topological polar surface area (TPSA) is 53.5 Å². The Morgan fingerprint density at radius 2 is 0.520 bits per heavy atom. The van der Waals surface area contributed by atoms with Crippen LogP contribution in [0, 0.1) is 41.5 Å². The first-order chi connectivity index (χ1) is 36.6. The average molecular weight is 977 g/mol. The van der Waals surface area contributed by atoms with Gasteiger partial charge in [0, 0.05) is 49.0 Å². The number of hydrogen-bond acceptors (Lipinski definition) is 3. The van der Waals surface area contributed by atoms with Crippen molar-refractivity contribution in [1.82, 2.24) is 28.7 Å². The maximum Gasteiger partial charge on any atom is 0.164 e. The van der Waals surface area contributed by atoms with Crippen molar-refractivity contribution in [3.63, 3.8) is 0 Å². The summed E-state index contributed by atoms with van der Waals surface area (Å²) in [5.74, 6) is 1.82. The van der Waals surface area contributed by atoms with Gasteiger partial charge in [-0.05, 0) is 126 Å². The summed E-state index contributed by atoms with van der Waals surface area (Å²) in [7, 11) is 0. The molecule has 0 aliphatic rings. The predicted molar refractivity (Wildman–Crippen MR) is 322 cm³/mol. The lowest BCUT2D eigenvalue weighted by Gasteiger charge is -2.23. The van der Waals surface area contributed by atoms with Gasteiger partial charge in [0.2, 0.25) is 0 Å². The third kappa shape index (κ3) is 8.66. The molecule has 370 valence electrons. The Kier molecular flexibility index (Phi) is 13.6. The fourth-order valence-corrected chi connectivity index (χ4v) is 10.8. The van der Waals surface area contributed by atoms with Crippen molar-refractivity contribution in [3.05, 3.63) is 229 Å². The molecular weight excluding hydrogens is 913 g/mol. The van der Waals surface area contributed by atoms with Gasteiger partial charge in [0.05, 0.1) is 50.2 Å². The molecule has 75 heavy (non-hydrogen) atoms. The Morgan fingerprint density at radius 3 is 0.787 bits per heavy atom. The first kappa shape index (κ1) is 49.7. The zero-order chi connectivity index (χ0) is 52.7. The average Bonchev–Trinajstić information content (AvgIpc) is 4.09. The van der Waals surface area contributed by atoms with Gasteiger partial charge < -0.3 is 13.7 Å². The van der Waals surface area contributed by atoms with Gasteiger partial charge in [0.15, 0.2) is 17.5 Å². The van der Waals surface area contributed by atoms with Crippen LogP contribution in [0.5, 0.6) is 0 Å². The minimum atomic E-state index is 0.588. The van der Waals surface area contributed by atoms with Gasteiger partial charge in [-0.25, -0.2) is 15.0 Å². The van der Waals surface area contributed by atoms with Gasteiger partial charge in [0.25, 0.3) is 0 Å². The normalized spacial score (nSPS) is 11.2. The molecule has 0 unspecified atom stereocenters. The SMILES string of the molecule is C=C.CC.CC.Cc1ccc2c(c1)c1cc(C)ccc1n2-c1cc(-c2nc(-c3ccccc3)nc(-c3ccccc3)n2)cc(-n2c3ccc(C)cc3c3cc(C)ccc32)c1-n1c2ccc(C)cc2c2cc(C)ccc21. The monoisotopic (exact) mass is 977 g/mol. The fourth-order valence-electron chi connectivity index (χ4n) is 10.8. The molecule has 4 heterocycles. The van der Waals surface area contributed by atoms with Gasteiger partial charge >= 0.3 is 0 Å². The molecule has 0 spiro atoms. The van der Waals surface area contributed by atoms with E-state index in [2.05, 4.69) is 214 Å². The zero-order valence-electron chi connectivity index (χ0n) is 44.9. The van der Waals surface area contributed by atoms with Crippen molar-refractivity contribution in [2.24, 2.45) is 0 Å². The van der Waals surface area contributed by atoms with Crippen LogP contribution >= 0.6 is 0 Å². The molecule has 13 aromatic rings. The second kappa shape index (κ2) is 20.6. The highest BCUT2D eigenvalue weighted by Gasteiger charge is 2.27. The summed E-state index contributed by atoms with van der Waals surface area (Å²) in [6.07, 6.45) is 0. The third-order valence-corrected chi connectivity index (χ3v) is 14.0. The number of rotatable bonds is 6. The molecule has 9 aromatic carbocycles. The van der Waals surface area contributed by atoms with E-state index < -0.39 is 0 Å². The Morgan fingerprint density at radius 1 is 0.280 bits per heavy atom. The Bertz CT molecular complexity index is 3880.